The van der Waals surface area contributed by atoms with Crippen molar-refractivity contribution in [3.05, 3.63) is 0 Å². The molecular weight excluding hydrogens is 418 g/mol. The Morgan fingerprint density at radius 1 is 1.06 bits per heavy atom. The fourth-order valence-electron chi connectivity index (χ4n) is 3.16. The molecule has 180 valence electrons. The van der Waals surface area contributed by atoms with Crippen molar-refractivity contribution >= 4 is 26.2 Å². The maximum absolute atomic E-state index is 13.0. The highest BCUT2D eigenvalue weighted by atomic mass is 28.4. The summed E-state index contributed by atoms with van der Waals surface area (Å²) < 4.78 is 22.4. The monoisotopic (exact) mass is 459 g/mol. The first-order chi connectivity index (χ1) is 13.8. The molecule has 1 aliphatic rings. The van der Waals surface area contributed by atoms with Crippen LogP contribution < -0.4 is 0 Å². The van der Waals surface area contributed by atoms with Crippen molar-refractivity contribution in [1.82, 2.24) is 4.90 Å². The molecule has 8 nitrogen and oxygen atoms in total. The van der Waals surface area contributed by atoms with E-state index in [9.17, 15) is 14.4 Å². The van der Waals surface area contributed by atoms with Crippen molar-refractivity contribution in [3.8, 4) is 0 Å². The van der Waals surface area contributed by atoms with Crippen molar-refractivity contribution < 1.29 is 33.0 Å². The lowest BCUT2D eigenvalue weighted by Gasteiger charge is -2.40. The van der Waals surface area contributed by atoms with E-state index in [4.69, 9.17) is 18.6 Å². The Hall–Kier alpha value is -1.45. The van der Waals surface area contributed by atoms with Gasteiger partial charge >= 0.3 is 12.1 Å². The molecule has 0 aromatic rings. The van der Waals surface area contributed by atoms with Crippen LogP contribution in [-0.2, 0) is 28.2 Å². The molecule has 0 saturated carbocycles. The zero-order chi connectivity index (χ0) is 24.5. The van der Waals surface area contributed by atoms with Gasteiger partial charge in [-0.25, -0.2) is 9.59 Å². The lowest BCUT2D eigenvalue weighted by molar-refractivity contribution is -0.155. The summed E-state index contributed by atoms with van der Waals surface area (Å²) in [5, 5.41) is -0.0165. The van der Waals surface area contributed by atoms with E-state index < -0.39 is 37.2 Å². The zero-order valence-corrected chi connectivity index (χ0v) is 22.1. The highest BCUT2D eigenvalue weighted by Crippen LogP contribution is 2.40. The number of ether oxygens (including phenoxy) is 3. The third-order valence-electron chi connectivity index (χ3n) is 5.99. The van der Waals surface area contributed by atoms with Crippen molar-refractivity contribution in [3.63, 3.8) is 0 Å². The zero-order valence-electron chi connectivity index (χ0n) is 21.1. The molecule has 0 aromatic heterocycles. The van der Waals surface area contributed by atoms with Crippen LogP contribution in [0.15, 0.2) is 0 Å². The number of methoxy groups -OCH3 is 1. The van der Waals surface area contributed by atoms with Crippen LogP contribution in [-0.4, -0.2) is 68.3 Å². The Labute approximate surface area is 188 Å². The minimum atomic E-state index is -2.08. The minimum absolute atomic E-state index is 0.0165. The summed E-state index contributed by atoms with van der Waals surface area (Å²) in [6.45, 7) is 19.0. The molecule has 1 atom stereocenters. The number of Topliss-reactive ketones (excluding diaryl/α,β-unsaturated/α-hetero) is 1. The van der Waals surface area contributed by atoms with Crippen molar-refractivity contribution in [2.24, 2.45) is 0 Å². The van der Waals surface area contributed by atoms with Crippen LogP contribution in [0.1, 0.15) is 68.2 Å². The van der Waals surface area contributed by atoms with Crippen LogP contribution in [0.4, 0.5) is 4.79 Å². The molecule has 0 radical (unpaired) electrons. The average molecular weight is 460 g/mol. The van der Waals surface area contributed by atoms with E-state index in [1.54, 1.807) is 34.6 Å². The van der Waals surface area contributed by atoms with Crippen LogP contribution >= 0.6 is 0 Å². The van der Waals surface area contributed by atoms with Gasteiger partial charge in [0.25, 0.3) is 0 Å². The molecule has 31 heavy (non-hydrogen) atoms. The lowest BCUT2D eigenvalue weighted by Crippen LogP contribution is -2.61. The molecule has 0 aromatic carbocycles. The standard InChI is InChI=1S/C22H41NO7Si/c1-19(2,3)30-18(26)23-21(7,8)28-15-22(23,17(25)27-9)13-12-16(24)14-29-31(10,11)20(4,5)6/h12-15H2,1-11H3/t22-/m1/s1. The van der Waals surface area contributed by atoms with Gasteiger partial charge in [-0.05, 0) is 59.2 Å². The van der Waals surface area contributed by atoms with Gasteiger partial charge in [0, 0.05) is 6.42 Å². The van der Waals surface area contributed by atoms with Gasteiger partial charge in [0.05, 0.1) is 20.3 Å². The number of carbonyl (C=O) groups is 3. The molecule has 0 aliphatic carbocycles. The van der Waals surface area contributed by atoms with Gasteiger partial charge in [0.1, 0.15) is 11.3 Å². The van der Waals surface area contributed by atoms with E-state index in [2.05, 4.69) is 33.9 Å². The second-order valence-electron chi connectivity index (χ2n) is 11.2. The molecule has 1 amide bonds. The quantitative estimate of drug-likeness (QED) is 0.415. The predicted molar refractivity (Wildman–Crippen MR) is 120 cm³/mol. The molecule has 1 saturated heterocycles. The fourth-order valence-corrected chi connectivity index (χ4v) is 4.12. The van der Waals surface area contributed by atoms with E-state index in [1.165, 1.54) is 12.0 Å². The molecule has 9 heteroatoms. The molecule has 0 spiro atoms. The summed E-state index contributed by atoms with van der Waals surface area (Å²) in [6.07, 6.45) is -0.588. The molecule has 1 fully saturated rings. The maximum Gasteiger partial charge on any atom is 0.413 e. The first kappa shape index (κ1) is 27.6. The summed E-state index contributed by atoms with van der Waals surface area (Å²) in [7, 11) is -0.823. The predicted octanol–water partition coefficient (Wildman–Crippen LogP) is 4.27. The summed E-state index contributed by atoms with van der Waals surface area (Å²) in [5.41, 5.74) is -3.31. The van der Waals surface area contributed by atoms with Gasteiger partial charge in [-0.2, -0.15) is 0 Å². The number of carbonyl (C=O) groups excluding carboxylic acids is 3. The van der Waals surface area contributed by atoms with Gasteiger partial charge in [-0.1, -0.05) is 20.8 Å². The highest BCUT2D eigenvalue weighted by molar-refractivity contribution is 6.74. The number of esters is 1. The van der Waals surface area contributed by atoms with Crippen LogP contribution in [0.2, 0.25) is 18.1 Å². The largest absolute Gasteiger partial charge is 0.467 e. The Balaban J connectivity index is 3.07. The Bertz CT molecular complexity index is 691. The highest BCUT2D eigenvalue weighted by Gasteiger charge is 2.60. The molecule has 0 bridgehead atoms. The molecular formula is C22H41NO7Si. The Morgan fingerprint density at radius 2 is 1.61 bits per heavy atom. The van der Waals surface area contributed by atoms with Gasteiger partial charge in [0.15, 0.2) is 19.6 Å². The SMILES string of the molecule is COC(=O)[C@@]1(CCC(=O)CO[Si](C)(C)C(C)(C)C)COC(C)(C)N1C(=O)OC(C)(C)C. The van der Waals surface area contributed by atoms with Crippen molar-refractivity contribution in [1.29, 1.82) is 0 Å². The molecule has 1 heterocycles. The summed E-state index contributed by atoms with van der Waals surface area (Å²) in [5.74, 6) is -0.774. The van der Waals surface area contributed by atoms with E-state index in [1.807, 2.05) is 0 Å². The first-order valence-corrected chi connectivity index (χ1v) is 13.6. The van der Waals surface area contributed by atoms with Crippen LogP contribution in [0.25, 0.3) is 0 Å². The Morgan fingerprint density at radius 3 is 2.06 bits per heavy atom. The number of amides is 1. The number of ketones is 1. The van der Waals surface area contributed by atoms with E-state index in [0.29, 0.717) is 0 Å². The van der Waals surface area contributed by atoms with Crippen molar-refractivity contribution in [2.45, 2.75) is 103 Å². The van der Waals surface area contributed by atoms with Crippen LogP contribution in [0.3, 0.4) is 0 Å². The second-order valence-corrected chi connectivity index (χ2v) is 16.0. The van der Waals surface area contributed by atoms with Crippen LogP contribution in [0.5, 0.6) is 0 Å². The summed E-state index contributed by atoms with van der Waals surface area (Å²) in [4.78, 5) is 39.9. The van der Waals surface area contributed by atoms with E-state index in [0.717, 1.165) is 0 Å². The van der Waals surface area contributed by atoms with Crippen LogP contribution in [0, 0.1) is 0 Å². The third-order valence-corrected chi connectivity index (χ3v) is 10.5. The number of rotatable bonds is 7. The second kappa shape index (κ2) is 9.19. The number of hydrogen-bond donors (Lipinski definition) is 0. The first-order valence-electron chi connectivity index (χ1n) is 10.7. The van der Waals surface area contributed by atoms with Crippen molar-refractivity contribution in [2.75, 3.05) is 20.3 Å². The molecule has 1 aliphatic heterocycles. The average Bonchev–Trinajstić information content (AvgIpc) is 2.86. The van der Waals surface area contributed by atoms with Gasteiger partial charge in [-0.15, -0.1) is 0 Å². The van der Waals surface area contributed by atoms with E-state index >= 15 is 0 Å². The smallest absolute Gasteiger partial charge is 0.413 e. The van der Waals surface area contributed by atoms with Gasteiger partial charge in [0.2, 0.25) is 0 Å². The fraction of sp³-hybridized carbons (Fsp3) is 0.864. The molecule has 1 rings (SSSR count). The summed E-state index contributed by atoms with van der Waals surface area (Å²) >= 11 is 0. The third kappa shape index (κ3) is 6.52. The minimum Gasteiger partial charge on any atom is -0.467 e. The summed E-state index contributed by atoms with van der Waals surface area (Å²) in [6, 6.07) is 0. The normalized spacial score (nSPS) is 21.7. The molecule has 0 N–H and O–H groups in total. The number of hydrogen-bond acceptors (Lipinski definition) is 7. The lowest BCUT2D eigenvalue weighted by atomic mass is 9.91. The van der Waals surface area contributed by atoms with E-state index in [-0.39, 0.29) is 36.9 Å². The van der Waals surface area contributed by atoms with Gasteiger partial charge in [-0.3, -0.25) is 9.69 Å². The number of nitrogens with zero attached hydrogens (tertiary/aromatic N) is 1. The van der Waals surface area contributed by atoms with Gasteiger partial charge < -0.3 is 18.6 Å². The topological polar surface area (TPSA) is 91.4 Å². The Kier molecular flexibility index (Phi) is 8.18. The molecule has 0 unspecified atom stereocenters. The maximum atomic E-state index is 13.0.